The van der Waals surface area contributed by atoms with E-state index < -0.39 is 0 Å². The standard InChI is InChI=1S/C17H15N3OS.2ClH/c1-11-9-14(5-8-19-11)16-12(2)15(10-20-21)17(22-16)13-3-6-18-7-4-13;;/h3-10,21H,1-2H3;2*1H. The Morgan fingerprint density at radius 2 is 1.67 bits per heavy atom. The van der Waals surface area contributed by atoms with Crippen molar-refractivity contribution in [2.24, 2.45) is 5.16 Å². The number of halogens is 2. The van der Waals surface area contributed by atoms with Crippen LogP contribution in [0.5, 0.6) is 0 Å². The van der Waals surface area contributed by atoms with Crippen molar-refractivity contribution in [2.75, 3.05) is 0 Å². The van der Waals surface area contributed by atoms with Crippen LogP contribution in [-0.2, 0) is 0 Å². The van der Waals surface area contributed by atoms with Gasteiger partial charge >= 0.3 is 0 Å². The SMILES string of the molecule is Cc1cc(-c2sc(-c3ccncc3)c(C=NO)c2C)ccn1.Cl.Cl. The molecule has 3 rings (SSSR count). The number of aryl methyl sites for hydroxylation is 1. The second kappa shape index (κ2) is 8.78. The van der Waals surface area contributed by atoms with Gasteiger partial charge in [0.1, 0.15) is 0 Å². The minimum Gasteiger partial charge on any atom is -0.411 e. The van der Waals surface area contributed by atoms with E-state index >= 15 is 0 Å². The van der Waals surface area contributed by atoms with Gasteiger partial charge in [-0.15, -0.1) is 36.2 Å². The number of nitrogens with zero attached hydrogens (tertiary/aromatic N) is 3. The topological polar surface area (TPSA) is 58.4 Å². The summed E-state index contributed by atoms with van der Waals surface area (Å²) in [6.07, 6.45) is 6.84. The van der Waals surface area contributed by atoms with Crippen molar-refractivity contribution in [3.8, 4) is 20.9 Å². The first kappa shape index (κ1) is 20.1. The number of pyridine rings is 2. The summed E-state index contributed by atoms with van der Waals surface area (Å²) in [7, 11) is 0. The quantitative estimate of drug-likeness (QED) is 0.388. The molecule has 126 valence electrons. The maximum atomic E-state index is 8.99. The minimum atomic E-state index is 0. The van der Waals surface area contributed by atoms with Gasteiger partial charge in [0.15, 0.2) is 0 Å². The Morgan fingerprint density at radius 1 is 1.00 bits per heavy atom. The van der Waals surface area contributed by atoms with Crippen molar-refractivity contribution in [2.45, 2.75) is 13.8 Å². The molecule has 0 saturated heterocycles. The predicted octanol–water partition coefficient (Wildman–Crippen LogP) is 5.14. The number of thiophene rings is 1. The van der Waals surface area contributed by atoms with Crippen molar-refractivity contribution >= 4 is 42.4 Å². The van der Waals surface area contributed by atoms with E-state index in [4.69, 9.17) is 5.21 Å². The third kappa shape index (κ3) is 3.93. The molecule has 3 heterocycles. The molecule has 7 heteroatoms. The molecule has 0 fully saturated rings. The van der Waals surface area contributed by atoms with Crippen molar-refractivity contribution < 1.29 is 5.21 Å². The summed E-state index contributed by atoms with van der Waals surface area (Å²) < 4.78 is 0. The maximum absolute atomic E-state index is 8.99. The van der Waals surface area contributed by atoms with Crippen LogP contribution in [0.1, 0.15) is 16.8 Å². The van der Waals surface area contributed by atoms with Crippen LogP contribution in [0.25, 0.3) is 20.9 Å². The van der Waals surface area contributed by atoms with E-state index in [1.54, 1.807) is 23.7 Å². The summed E-state index contributed by atoms with van der Waals surface area (Å²) in [4.78, 5) is 10.5. The lowest BCUT2D eigenvalue weighted by molar-refractivity contribution is 0.322. The summed E-state index contributed by atoms with van der Waals surface area (Å²) in [5.74, 6) is 0. The second-order valence-corrected chi connectivity index (χ2v) is 5.99. The van der Waals surface area contributed by atoms with Crippen LogP contribution in [0.3, 0.4) is 0 Å². The highest BCUT2D eigenvalue weighted by molar-refractivity contribution is 7.19. The zero-order valence-corrected chi connectivity index (χ0v) is 15.6. The Balaban J connectivity index is 0.00000144. The third-order valence-electron chi connectivity index (χ3n) is 3.48. The van der Waals surface area contributed by atoms with E-state index in [1.165, 1.54) is 6.21 Å². The summed E-state index contributed by atoms with van der Waals surface area (Å²) in [6, 6.07) is 7.99. The van der Waals surface area contributed by atoms with Crippen molar-refractivity contribution in [1.29, 1.82) is 0 Å². The summed E-state index contributed by atoms with van der Waals surface area (Å²) in [5.41, 5.74) is 5.20. The average Bonchev–Trinajstić information content (AvgIpc) is 2.86. The first-order chi connectivity index (χ1) is 10.7. The monoisotopic (exact) mass is 381 g/mol. The van der Waals surface area contributed by atoms with Gasteiger partial charge in [0, 0.05) is 39.6 Å². The van der Waals surface area contributed by atoms with Crippen LogP contribution in [0, 0.1) is 13.8 Å². The molecule has 0 aliphatic rings. The third-order valence-corrected chi connectivity index (χ3v) is 4.89. The van der Waals surface area contributed by atoms with Crippen LogP contribution >= 0.6 is 36.2 Å². The zero-order chi connectivity index (χ0) is 15.5. The highest BCUT2D eigenvalue weighted by atomic mass is 35.5. The molecule has 0 spiro atoms. The lowest BCUT2D eigenvalue weighted by Crippen LogP contribution is -1.87. The molecule has 0 aliphatic carbocycles. The van der Waals surface area contributed by atoms with Crippen molar-refractivity contribution in [3.63, 3.8) is 0 Å². The molecule has 0 atom stereocenters. The molecule has 3 aromatic heterocycles. The van der Waals surface area contributed by atoms with Gasteiger partial charge in [0.25, 0.3) is 0 Å². The number of aromatic nitrogens is 2. The molecule has 1 N–H and O–H groups in total. The molecule has 0 saturated carbocycles. The largest absolute Gasteiger partial charge is 0.411 e. The van der Waals surface area contributed by atoms with Crippen molar-refractivity contribution in [1.82, 2.24) is 9.97 Å². The van der Waals surface area contributed by atoms with Gasteiger partial charge in [-0.3, -0.25) is 9.97 Å². The molecular formula is C17H17Cl2N3OS. The van der Waals surface area contributed by atoms with Crippen LogP contribution < -0.4 is 0 Å². The van der Waals surface area contributed by atoms with Gasteiger partial charge < -0.3 is 5.21 Å². The average molecular weight is 382 g/mol. The first-order valence-corrected chi connectivity index (χ1v) is 7.66. The number of hydrogen-bond acceptors (Lipinski definition) is 5. The van der Waals surface area contributed by atoms with Gasteiger partial charge in [0.05, 0.1) is 6.21 Å². The number of hydrogen-bond donors (Lipinski definition) is 1. The van der Waals surface area contributed by atoms with E-state index in [1.807, 2.05) is 38.2 Å². The van der Waals surface area contributed by atoms with Gasteiger partial charge in [-0.25, -0.2) is 0 Å². The molecule has 0 amide bonds. The lowest BCUT2D eigenvalue weighted by atomic mass is 10.0. The van der Waals surface area contributed by atoms with Crippen LogP contribution in [0.2, 0.25) is 0 Å². The molecule has 0 aromatic carbocycles. The molecule has 0 unspecified atom stereocenters. The van der Waals surface area contributed by atoms with E-state index in [-0.39, 0.29) is 24.8 Å². The molecule has 0 radical (unpaired) electrons. The lowest BCUT2D eigenvalue weighted by Gasteiger charge is -2.01. The Hall–Kier alpha value is -1.95. The molecule has 3 aromatic rings. The smallest absolute Gasteiger partial charge is 0.0751 e. The van der Waals surface area contributed by atoms with E-state index in [0.29, 0.717) is 0 Å². The summed E-state index contributed by atoms with van der Waals surface area (Å²) in [5, 5.41) is 12.2. The highest BCUT2D eigenvalue weighted by Gasteiger charge is 2.16. The second-order valence-electron chi connectivity index (χ2n) is 4.97. The number of oxime groups is 1. The Morgan fingerprint density at radius 3 is 2.29 bits per heavy atom. The van der Waals surface area contributed by atoms with E-state index in [0.717, 1.165) is 37.7 Å². The van der Waals surface area contributed by atoms with E-state index in [9.17, 15) is 0 Å². The van der Waals surface area contributed by atoms with E-state index in [2.05, 4.69) is 21.2 Å². The fraction of sp³-hybridized carbons (Fsp3) is 0.118. The Kier molecular flexibility index (Phi) is 7.35. The normalized spacial score (nSPS) is 10.2. The molecular weight excluding hydrogens is 365 g/mol. The van der Waals surface area contributed by atoms with Crippen LogP contribution in [0.4, 0.5) is 0 Å². The Bertz CT molecular complexity index is 835. The fourth-order valence-corrected chi connectivity index (χ4v) is 3.70. The maximum Gasteiger partial charge on any atom is 0.0751 e. The highest BCUT2D eigenvalue weighted by Crippen LogP contribution is 2.41. The van der Waals surface area contributed by atoms with Gasteiger partial charge in [-0.05, 0) is 54.8 Å². The summed E-state index contributed by atoms with van der Waals surface area (Å²) in [6.45, 7) is 4.02. The van der Waals surface area contributed by atoms with Crippen LogP contribution in [-0.4, -0.2) is 21.4 Å². The molecule has 0 aliphatic heterocycles. The molecule has 4 nitrogen and oxygen atoms in total. The fourth-order valence-electron chi connectivity index (χ4n) is 2.42. The van der Waals surface area contributed by atoms with Gasteiger partial charge in [-0.1, -0.05) is 5.16 Å². The Labute approximate surface area is 157 Å². The van der Waals surface area contributed by atoms with Crippen LogP contribution in [0.15, 0.2) is 48.0 Å². The minimum absolute atomic E-state index is 0. The predicted molar refractivity (Wildman–Crippen MR) is 104 cm³/mol. The summed E-state index contributed by atoms with van der Waals surface area (Å²) >= 11 is 1.68. The van der Waals surface area contributed by atoms with Gasteiger partial charge in [-0.2, -0.15) is 0 Å². The zero-order valence-electron chi connectivity index (χ0n) is 13.1. The molecule has 0 bridgehead atoms. The van der Waals surface area contributed by atoms with Gasteiger partial charge in [0.2, 0.25) is 0 Å². The molecule has 24 heavy (non-hydrogen) atoms. The number of rotatable bonds is 3. The van der Waals surface area contributed by atoms with Crippen molar-refractivity contribution in [3.05, 3.63) is 59.7 Å². The first-order valence-electron chi connectivity index (χ1n) is 6.85.